The highest BCUT2D eigenvalue weighted by Crippen LogP contribution is 2.32. The third-order valence-corrected chi connectivity index (χ3v) is 4.24. The van der Waals surface area contributed by atoms with Crippen LogP contribution in [0.5, 0.6) is 5.75 Å². The van der Waals surface area contributed by atoms with Gasteiger partial charge in [-0.05, 0) is 45.9 Å². The molecule has 3 rings (SSSR count). The van der Waals surface area contributed by atoms with Gasteiger partial charge in [-0.25, -0.2) is 9.59 Å². The van der Waals surface area contributed by atoms with Gasteiger partial charge in [-0.2, -0.15) is 0 Å². The van der Waals surface area contributed by atoms with Crippen LogP contribution in [0, 0.1) is 6.92 Å². The minimum Gasteiger partial charge on any atom is -0.474 e. The van der Waals surface area contributed by atoms with Crippen molar-refractivity contribution < 1.29 is 28.2 Å². The number of esters is 2. The highest BCUT2D eigenvalue weighted by atomic mass is 16.6. The van der Waals surface area contributed by atoms with Gasteiger partial charge in [0, 0.05) is 10.9 Å². The van der Waals surface area contributed by atoms with Crippen molar-refractivity contribution in [3.05, 3.63) is 65.4 Å². The van der Waals surface area contributed by atoms with Crippen molar-refractivity contribution >= 4 is 22.9 Å². The van der Waals surface area contributed by atoms with Crippen LogP contribution in [0.1, 0.15) is 48.6 Å². The summed E-state index contributed by atoms with van der Waals surface area (Å²) in [5.74, 6) is -0.0633. The van der Waals surface area contributed by atoms with Crippen molar-refractivity contribution in [3.8, 4) is 5.75 Å². The predicted octanol–water partition coefficient (Wildman–Crippen LogP) is 4.99. The van der Waals surface area contributed by atoms with Crippen molar-refractivity contribution in [2.45, 2.75) is 39.9 Å². The molecule has 1 unspecified atom stereocenters. The van der Waals surface area contributed by atoms with Crippen molar-refractivity contribution in [2.75, 3.05) is 6.61 Å². The van der Waals surface area contributed by atoms with E-state index in [9.17, 15) is 9.59 Å². The topological polar surface area (TPSA) is 75.0 Å². The van der Waals surface area contributed by atoms with Crippen LogP contribution in [-0.4, -0.2) is 24.6 Å². The third kappa shape index (κ3) is 4.59. The summed E-state index contributed by atoms with van der Waals surface area (Å²) >= 11 is 0. The summed E-state index contributed by atoms with van der Waals surface area (Å²) in [6.45, 7) is 7.27. The minimum atomic E-state index is -0.923. The lowest BCUT2D eigenvalue weighted by Gasteiger charge is -2.18. The molecule has 0 spiro atoms. The van der Waals surface area contributed by atoms with Gasteiger partial charge in [-0.1, -0.05) is 30.3 Å². The second-order valence-electron chi connectivity index (χ2n) is 6.81. The summed E-state index contributed by atoms with van der Waals surface area (Å²) in [6.07, 6.45) is -1.18. The summed E-state index contributed by atoms with van der Waals surface area (Å²) in [5, 5.41) is 0.571. The zero-order chi connectivity index (χ0) is 21.0. The smallest absolute Gasteiger partial charge is 0.352 e. The lowest BCUT2D eigenvalue weighted by Crippen LogP contribution is -2.21. The van der Waals surface area contributed by atoms with Crippen LogP contribution in [0.15, 0.2) is 52.9 Å². The van der Waals surface area contributed by atoms with E-state index in [1.165, 1.54) is 0 Å². The first kappa shape index (κ1) is 20.5. The first-order valence-corrected chi connectivity index (χ1v) is 9.53. The van der Waals surface area contributed by atoms with E-state index in [4.69, 9.17) is 18.6 Å². The van der Waals surface area contributed by atoms with Crippen LogP contribution >= 0.6 is 0 Å². The molecule has 3 aromatic rings. The lowest BCUT2D eigenvalue weighted by atomic mass is 10.1. The predicted molar refractivity (Wildman–Crippen MR) is 108 cm³/mol. The Hall–Kier alpha value is -3.28. The number of carbonyl (C=O) groups excluding carboxylic acids is 2. The zero-order valence-corrected chi connectivity index (χ0v) is 16.9. The van der Waals surface area contributed by atoms with E-state index in [1.54, 1.807) is 58.0 Å². The van der Waals surface area contributed by atoms with Gasteiger partial charge in [0.2, 0.25) is 6.10 Å². The quantitative estimate of drug-likeness (QED) is 0.524. The van der Waals surface area contributed by atoms with Crippen LogP contribution in [0.3, 0.4) is 0 Å². The van der Waals surface area contributed by atoms with E-state index in [0.717, 1.165) is 0 Å². The van der Waals surface area contributed by atoms with Crippen molar-refractivity contribution in [3.63, 3.8) is 0 Å². The largest absolute Gasteiger partial charge is 0.474 e. The van der Waals surface area contributed by atoms with Gasteiger partial charge in [0.1, 0.15) is 22.7 Å². The molecule has 1 atom stereocenters. The number of fused-ring (bicyclic) bond motifs is 1. The summed E-state index contributed by atoms with van der Waals surface area (Å²) < 4.78 is 22.2. The molecule has 0 amide bonds. The van der Waals surface area contributed by atoms with Gasteiger partial charge < -0.3 is 18.6 Å². The van der Waals surface area contributed by atoms with Gasteiger partial charge >= 0.3 is 11.9 Å². The van der Waals surface area contributed by atoms with Crippen LogP contribution in [-0.2, 0) is 14.3 Å². The Morgan fingerprint density at radius 3 is 2.45 bits per heavy atom. The summed E-state index contributed by atoms with van der Waals surface area (Å²) in [7, 11) is 0. The molecule has 0 radical (unpaired) electrons. The van der Waals surface area contributed by atoms with Gasteiger partial charge in [0.15, 0.2) is 0 Å². The van der Waals surface area contributed by atoms with Crippen molar-refractivity contribution in [1.82, 2.24) is 0 Å². The van der Waals surface area contributed by atoms with Gasteiger partial charge in [0.25, 0.3) is 0 Å². The Labute approximate surface area is 169 Å². The lowest BCUT2D eigenvalue weighted by molar-refractivity contribution is -0.151. The number of hydrogen-bond donors (Lipinski definition) is 0. The highest BCUT2D eigenvalue weighted by molar-refractivity contribution is 6.05. The molecule has 0 saturated heterocycles. The Bertz CT molecular complexity index is 1000. The molecule has 0 aliphatic heterocycles. The zero-order valence-electron chi connectivity index (χ0n) is 16.9. The Morgan fingerprint density at radius 1 is 1.07 bits per heavy atom. The number of aryl methyl sites for hydroxylation is 1. The van der Waals surface area contributed by atoms with E-state index in [2.05, 4.69) is 0 Å². The van der Waals surface area contributed by atoms with Crippen LogP contribution in [0.2, 0.25) is 0 Å². The summed E-state index contributed by atoms with van der Waals surface area (Å²) in [6, 6.07) is 14.2. The number of carbonyl (C=O) groups is 2. The number of ether oxygens (including phenoxy) is 3. The maximum Gasteiger partial charge on any atom is 0.352 e. The fourth-order valence-corrected chi connectivity index (χ4v) is 3.03. The molecule has 0 aliphatic rings. The van der Waals surface area contributed by atoms with E-state index in [0.29, 0.717) is 33.6 Å². The molecule has 6 nitrogen and oxygen atoms in total. The first-order chi connectivity index (χ1) is 13.9. The van der Waals surface area contributed by atoms with Gasteiger partial charge in [0.05, 0.1) is 12.7 Å². The van der Waals surface area contributed by atoms with Gasteiger partial charge in [-0.15, -0.1) is 0 Å². The minimum absolute atomic E-state index is 0.247. The molecule has 2 aromatic carbocycles. The molecular weight excluding hydrogens is 372 g/mol. The maximum atomic E-state index is 12.5. The molecule has 0 N–H and O–H groups in total. The second-order valence-corrected chi connectivity index (χ2v) is 6.81. The molecule has 1 aromatic heterocycles. The van der Waals surface area contributed by atoms with Crippen LogP contribution in [0.4, 0.5) is 0 Å². The SMILES string of the molecule is CCOC(=O)C(Oc1ccc2oc(C)c(C(=O)OC(C)C)c2c1)c1ccccc1. The van der Waals surface area contributed by atoms with Crippen LogP contribution < -0.4 is 4.74 Å². The Morgan fingerprint density at radius 2 is 1.79 bits per heavy atom. The van der Waals surface area contributed by atoms with E-state index in [1.807, 2.05) is 18.2 Å². The number of rotatable bonds is 7. The average Bonchev–Trinajstić information content (AvgIpc) is 3.01. The van der Waals surface area contributed by atoms with Crippen LogP contribution in [0.25, 0.3) is 11.0 Å². The number of hydrogen-bond acceptors (Lipinski definition) is 6. The molecule has 0 aliphatic carbocycles. The molecule has 0 bridgehead atoms. The molecule has 6 heteroatoms. The van der Waals surface area contributed by atoms with E-state index < -0.39 is 18.0 Å². The second kappa shape index (κ2) is 8.82. The normalized spacial score (nSPS) is 12.0. The van der Waals surface area contributed by atoms with E-state index in [-0.39, 0.29) is 12.7 Å². The molecule has 0 fully saturated rings. The third-order valence-electron chi connectivity index (χ3n) is 4.24. The standard InChI is InChI=1S/C23H24O6/c1-5-26-23(25)21(16-9-7-6-8-10-16)29-17-11-12-19-18(13-17)20(15(4)28-19)22(24)27-14(2)3/h6-14,21H,5H2,1-4H3. The molecule has 0 saturated carbocycles. The fourth-order valence-electron chi connectivity index (χ4n) is 3.03. The summed E-state index contributed by atoms with van der Waals surface area (Å²) in [4.78, 5) is 25.0. The average molecular weight is 396 g/mol. The Balaban J connectivity index is 1.98. The summed E-state index contributed by atoms with van der Waals surface area (Å²) in [5.41, 5.74) is 1.57. The molecule has 29 heavy (non-hydrogen) atoms. The molecular formula is C23H24O6. The van der Waals surface area contributed by atoms with Crippen molar-refractivity contribution in [2.24, 2.45) is 0 Å². The molecule has 152 valence electrons. The van der Waals surface area contributed by atoms with Crippen molar-refractivity contribution in [1.29, 1.82) is 0 Å². The molecule has 1 heterocycles. The Kier molecular flexibility index (Phi) is 6.22. The monoisotopic (exact) mass is 396 g/mol. The van der Waals surface area contributed by atoms with Gasteiger partial charge in [-0.3, -0.25) is 0 Å². The number of furan rings is 1. The highest BCUT2D eigenvalue weighted by Gasteiger charge is 2.26. The van der Waals surface area contributed by atoms with E-state index >= 15 is 0 Å². The number of benzene rings is 2. The maximum absolute atomic E-state index is 12.5. The fraction of sp³-hybridized carbons (Fsp3) is 0.304. The first-order valence-electron chi connectivity index (χ1n) is 9.53.